The van der Waals surface area contributed by atoms with Gasteiger partial charge >= 0.3 is 0 Å². The normalized spacial score (nSPS) is 15.6. The van der Waals surface area contributed by atoms with Crippen LogP contribution in [0.3, 0.4) is 0 Å². The van der Waals surface area contributed by atoms with Gasteiger partial charge in [0.2, 0.25) is 0 Å². The van der Waals surface area contributed by atoms with Gasteiger partial charge in [0.05, 0.1) is 13.2 Å². The van der Waals surface area contributed by atoms with Crippen molar-refractivity contribution in [1.29, 1.82) is 0 Å². The first-order valence-electron chi connectivity index (χ1n) is 9.94. The van der Waals surface area contributed by atoms with Gasteiger partial charge < -0.3 is 19.9 Å². The van der Waals surface area contributed by atoms with Crippen molar-refractivity contribution in [3.05, 3.63) is 42.0 Å². The van der Waals surface area contributed by atoms with E-state index in [9.17, 15) is 0 Å². The highest BCUT2D eigenvalue weighted by atomic mass is 127. The van der Waals surface area contributed by atoms with Crippen LogP contribution in [-0.4, -0.2) is 58.9 Å². The Morgan fingerprint density at radius 3 is 2.52 bits per heavy atom. The molecule has 160 valence electrons. The lowest BCUT2D eigenvalue weighted by Gasteiger charge is -2.29. The molecule has 0 amide bonds. The van der Waals surface area contributed by atoms with E-state index in [1.807, 2.05) is 23.7 Å². The number of hydrogen-bond acceptors (Lipinski definition) is 5. The molecule has 0 saturated carbocycles. The minimum absolute atomic E-state index is 0. The minimum atomic E-state index is 0. The van der Waals surface area contributed by atoms with Gasteiger partial charge in [-0.2, -0.15) is 0 Å². The summed E-state index contributed by atoms with van der Waals surface area (Å²) in [5.74, 6) is 2.52. The van der Waals surface area contributed by atoms with E-state index < -0.39 is 0 Å². The summed E-state index contributed by atoms with van der Waals surface area (Å²) >= 11 is 0. The number of methoxy groups -OCH3 is 1. The highest BCUT2D eigenvalue weighted by Gasteiger charge is 2.23. The predicted molar refractivity (Wildman–Crippen MR) is 126 cm³/mol. The van der Waals surface area contributed by atoms with E-state index in [-0.39, 0.29) is 24.0 Å². The molecule has 0 aliphatic carbocycles. The second-order valence-corrected chi connectivity index (χ2v) is 6.97. The molecule has 2 heterocycles. The van der Waals surface area contributed by atoms with E-state index in [2.05, 4.69) is 49.8 Å². The van der Waals surface area contributed by atoms with Crippen molar-refractivity contribution in [3.63, 3.8) is 0 Å². The van der Waals surface area contributed by atoms with Gasteiger partial charge in [-0.1, -0.05) is 12.1 Å². The quantitative estimate of drug-likeness (QED) is 0.321. The van der Waals surface area contributed by atoms with E-state index in [0.29, 0.717) is 12.6 Å². The Hall–Kier alpha value is -1.88. The molecule has 2 aromatic rings. The summed E-state index contributed by atoms with van der Waals surface area (Å²) in [5.41, 5.74) is 1.29. The van der Waals surface area contributed by atoms with E-state index >= 15 is 0 Å². The average molecular weight is 513 g/mol. The van der Waals surface area contributed by atoms with Crippen molar-refractivity contribution in [2.24, 2.45) is 12.0 Å². The molecule has 29 heavy (non-hydrogen) atoms. The van der Waals surface area contributed by atoms with Gasteiger partial charge in [-0.05, 0) is 50.6 Å². The van der Waals surface area contributed by atoms with E-state index in [1.54, 1.807) is 13.4 Å². The Balaban J connectivity index is 0.00000300. The van der Waals surface area contributed by atoms with Crippen LogP contribution in [0.25, 0.3) is 0 Å². The fourth-order valence-electron chi connectivity index (χ4n) is 3.47. The van der Waals surface area contributed by atoms with E-state index in [0.717, 1.165) is 43.7 Å². The van der Waals surface area contributed by atoms with Crippen LogP contribution in [0.2, 0.25) is 0 Å². The van der Waals surface area contributed by atoms with Crippen LogP contribution < -0.4 is 15.4 Å². The summed E-state index contributed by atoms with van der Waals surface area (Å²) in [5, 5.41) is 14.9. The number of halogens is 1. The molecule has 0 bridgehead atoms. The number of likely N-dealkylation sites (tertiary alicyclic amines) is 1. The fourth-order valence-corrected chi connectivity index (χ4v) is 3.47. The molecule has 0 radical (unpaired) electrons. The fraction of sp³-hybridized carbons (Fsp3) is 0.550. The van der Waals surface area contributed by atoms with Gasteiger partial charge in [-0.25, -0.2) is 4.99 Å². The zero-order valence-electron chi connectivity index (χ0n) is 17.5. The topological polar surface area (TPSA) is 79.6 Å². The molecular weight excluding hydrogens is 481 g/mol. The number of hydrogen-bond donors (Lipinski definition) is 2. The van der Waals surface area contributed by atoms with Crippen molar-refractivity contribution in [2.75, 3.05) is 33.3 Å². The van der Waals surface area contributed by atoms with Crippen LogP contribution >= 0.6 is 24.0 Å². The zero-order valence-corrected chi connectivity index (χ0v) is 19.8. The van der Waals surface area contributed by atoms with Crippen LogP contribution in [0, 0.1) is 0 Å². The summed E-state index contributed by atoms with van der Waals surface area (Å²) in [6.07, 6.45) is 4.21. The summed E-state index contributed by atoms with van der Waals surface area (Å²) < 4.78 is 7.20. The molecule has 1 unspecified atom stereocenters. The van der Waals surface area contributed by atoms with Crippen molar-refractivity contribution < 1.29 is 4.74 Å². The number of rotatable bonds is 8. The van der Waals surface area contributed by atoms with Gasteiger partial charge in [0.1, 0.15) is 18.6 Å². The zero-order chi connectivity index (χ0) is 19.8. The first kappa shape index (κ1) is 23.4. The Morgan fingerprint density at radius 1 is 1.21 bits per heavy atom. The van der Waals surface area contributed by atoms with Crippen molar-refractivity contribution in [1.82, 2.24) is 30.3 Å². The number of guanidine groups is 1. The van der Waals surface area contributed by atoms with Crippen LogP contribution in [0.5, 0.6) is 5.75 Å². The van der Waals surface area contributed by atoms with Crippen LogP contribution in [0.4, 0.5) is 0 Å². The SMILES string of the molecule is CCNC(=NCc1nncn1C)NCC(c1ccc(OC)cc1)N1CCCC1.I. The Labute approximate surface area is 190 Å². The maximum absolute atomic E-state index is 5.31. The Morgan fingerprint density at radius 2 is 1.93 bits per heavy atom. The highest BCUT2D eigenvalue weighted by Crippen LogP contribution is 2.26. The molecule has 2 N–H and O–H groups in total. The third kappa shape index (κ3) is 6.56. The third-order valence-electron chi connectivity index (χ3n) is 5.07. The molecule has 9 heteroatoms. The van der Waals surface area contributed by atoms with Gasteiger partial charge in [0, 0.05) is 20.1 Å². The second kappa shape index (κ2) is 12.0. The molecule has 1 aromatic heterocycles. The van der Waals surface area contributed by atoms with Gasteiger partial charge in [-0.15, -0.1) is 34.2 Å². The van der Waals surface area contributed by atoms with Crippen molar-refractivity contribution >= 4 is 29.9 Å². The standard InChI is InChI=1S/C20H31N7O.HI/c1-4-21-20(23-14-19-25-24-15-26(19)2)22-13-18(27-11-5-6-12-27)16-7-9-17(28-3)10-8-16;/h7-10,15,18H,4-6,11-14H2,1-3H3,(H2,21,22,23);1H. The smallest absolute Gasteiger partial charge is 0.191 e. The number of nitrogens with one attached hydrogen (secondary N) is 2. The summed E-state index contributed by atoms with van der Waals surface area (Å²) in [6.45, 7) is 6.41. The van der Waals surface area contributed by atoms with Crippen molar-refractivity contribution in [3.8, 4) is 5.75 Å². The summed E-state index contributed by atoms with van der Waals surface area (Å²) in [6, 6.07) is 8.68. The third-order valence-corrected chi connectivity index (χ3v) is 5.07. The number of nitrogens with zero attached hydrogens (tertiary/aromatic N) is 5. The van der Waals surface area contributed by atoms with Crippen LogP contribution in [0.1, 0.15) is 37.2 Å². The number of aryl methyl sites for hydroxylation is 1. The molecule has 8 nitrogen and oxygen atoms in total. The first-order chi connectivity index (χ1) is 13.7. The predicted octanol–water partition coefficient (Wildman–Crippen LogP) is 2.33. The molecule has 0 spiro atoms. The lowest BCUT2D eigenvalue weighted by atomic mass is 10.1. The van der Waals surface area contributed by atoms with Gasteiger partial charge in [-0.3, -0.25) is 4.90 Å². The number of ether oxygens (including phenoxy) is 1. The summed E-state index contributed by atoms with van der Waals surface area (Å²) in [7, 11) is 3.63. The number of aromatic nitrogens is 3. The molecule has 1 saturated heterocycles. The lowest BCUT2D eigenvalue weighted by Crippen LogP contribution is -2.42. The average Bonchev–Trinajstić information content (AvgIpc) is 3.39. The molecule has 1 aliphatic heterocycles. The van der Waals surface area contributed by atoms with E-state index in [4.69, 9.17) is 4.74 Å². The molecule has 3 rings (SSSR count). The molecule has 1 atom stereocenters. The van der Waals surface area contributed by atoms with Crippen LogP contribution in [-0.2, 0) is 13.6 Å². The minimum Gasteiger partial charge on any atom is -0.497 e. The maximum atomic E-state index is 5.31. The van der Waals surface area contributed by atoms with Crippen LogP contribution in [0.15, 0.2) is 35.6 Å². The van der Waals surface area contributed by atoms with Gasteiger partial charge in [0.15, 0.2) is 11.8 Å². The number of benzene rings is 1. The number of aliphatic imine (C=N–C) groups is 1. The monoisotopic (exact) mass is 513 g/mol. The van der Waals surface area contributed by atoms with Gasteiger partial charge in [0.25, 0.3) is 0 Å². The first-order valence-corrected chi connectivity index (χ1v) is 9.94. The molecular formula is C20H32IN7O. The molecule has 1 aromatic carbocycles. The Kier molecular flexibility index (Phi) is 9.65. The van der Waals surface area contributed by atoms with E-state index in [1.165, 1.54) is 18.4 Å². The Bertz CT molecular complexity index is 756. The highest BCUT2D eigenvalue weighted by molar-refractivity contribution is 14.0. The largest absolute Gasteiger partial charge is 0.497 e. The van der Waals surface area contributed by atoms with Crippen molar-refractivity contribution in [2.45, 2.75) is 32.4 Å². The second-order valence-electron chi connectivity index (χ2n) is 6.97. The summed E-state index contributed by atoms with van der Waals surface area (Å²) in [4.78, 5) is 7.21. The maximum Gasteiger partial charge on any atom is 0.191 e. The molecule has 1 aliphatic rings. The lowest BCUT2D eigenvalue weighted by molar-refractivity contribution is 0.245. The molecule has 1 fully saturated rings.